The first-order chi connectivity index (χ1) is 10.0. The molecule has 0 spiro atoms. The van der Waals surface area contributed by atoms with Crippen LogP contribution >= 0.6 is 0 Å². The number of ether oxygens (including phenoxy) is 2. The molecule has 21 heavy (non-hydrogen) atoms. The highest BCUT2D eigenvalue weighted by Gasteiger charge is 2.12. The molecule has 0 atom stereocenters. The molecule has 0 aliphatic heterocycles. The van der Waals surface area contributed by atoms with E-state index in [0.29, 0.717) is 11.5 Å². The summed E-state index contributed by atoms with van der Waals surface area (Å²) in [5.41, 5.74) is 5.23. The monoisotopic (exact) mass is 288 g/mol. The van der Waals surface area contributed by atoms with E-state index in [1.165, 1.54) is 43.6 Å². The van der Waals surface area contributed by atoms with Gasteiger partial charge in [0.25, 0.3) is 5.91 Å². The first kappa shape index (κ1) is 14.3. The Bertz CT molecular complexity index is 700. The number of nitrogens with two attached hydrogens (primary N) is 1. The number of methoxy groups -OCH3 is 1. The predicted molar refractivity (Wildman–Crippen MR) is 72.8 cm³/mol. The van der Waals surface area contributed by atoms with Crippen molar-refractivity contribution in [3.63, 3.8) is 0 Å². The molecule has 0 radical (unpaired) electrons. The molecule has 1 heterocycles. The van der Waals surface area contributed by atoms with E-state index in [1.807, 2.05) is 0 Å². The van der Waals surface area contributed by atoms with Gasteiger partial charge in [0, 0.05) is 12.3 Å². The summed E-state index contributed by atoms with van der Waals surface area (Å²) in [5.74, 6) is -0.919. The molecule has 3 N–H and O–H groups in total. The van der Waals surface area contributed by atoms with Crippen molar-refractivity contribution in [1.82, 2.24) is 4.98 Å². The van der Waals surface area contributed by atoms with Crippen LogP contribution < -0.4 is 15.2 Å². The molecule has 0 saturated heterocycles. The first-order valence-electron chi connectivity index (χ1n) is 5.86. The molecule has 1 aromatic heterocycles. The van der Waals surface area contributed by atoms with Crippen LogP contribution in [0.5, 0.6) is 17.2 Å². The number of hydrogen-bond acceptors (Lipinski definition) is 5. The summed E-state index contributed by atoms with van der Waals surface area (Å²) in [6.45, 7) is 0. The van der Waals surface area contributed by atoms with Crippen molar-refractivity contribution < 1.29 is 24.2 Å². The van der Waals surface area contributed by atoms with Gasteiger partial charge in [-0.3, -0.25) is 9.78 Å². The number of carbonyl (C=O) groups excluding carboxylic acids is 1. The molecule has 7 heteroatoms. The third-order valence-corrected chi connectivity index (χ3v) is 2.62. The molecular weight excluding hydrogens is 276 g/mol. The van der Waals surface area contributed by atoms with Gasteiger partial charge in [-0.25, -0.2) is 4.79 Å². The van der Waals surface area contributed by atoms with E-state index < -0.39 is 11.9 Å². The van der Waals surface area contributed by atoms with Gasteiger partial charge in [-0.05, 0) is 24.3 Å². The zero-order chi connectivity index (χ0) is 15.4. The smallest absolute Gasteiger partial charge is 0.335 e. The molecule has 7 nitrogen and oxygen atoms in total. The van der Waals surface area contributed by atoms with E-state index in [4.69, 9.17) is 20.3 Å². The number of aromatic nitrogens is 1. The number of aromatic carboxylic acids is 1. The molecule has 0 aliphatic carbocycles. The Morgan fingerprint density at radius 3 is 2.57 bits per heavy atom. The predicted octanol–water partition coefficient (Wildman–Crippen LogP) is 1.68. The number of amides is 1. The Hall–Kier alpha value is -3.09. The van der Waals surface area contributed by atoms with Gasteiger partial charge in [-0.15, -0.1) is 0 Å². The third-order valence-electron chi connectivity index (χ3n) is 2.62. The molecule has 1 aromatic carbocycles. The number of primary amides is 1. The van der Waals surface area contributed by atoms with Crippen LogP contribution in [-0.4, -0.2) is 29.1 Å². The number of carboxylic acids is 1. The van der Waals surface area contributed by atoms with Gasteiger partial charge in [-0.1, -0.05) is 0 Å². The molecule has 0 aliphatic rings. The van der Waals surface area contributed by atoms with Gasteiger partial charge < -0.3 is 20.3 Å². The standard InChI is InChI=1S/C14H12N2O5/c1-20-11-3-2-8(14(18)19)6-12(11)21-9-4-5-16-10(7-9)13(15)17/h2-7H,1H3,(H2,15,17)(H,18,19). The average Bonchev–Trinajstić information content (AvgIpc) is 2.47. The van der Waals surface area contributed by atoms with Crippen LogP contribution in [0.15, 0.2) is 36.5 Å². The molecule has 0 unspecified atom stereocenters. The Morgan fingerprint density at radius 1 is 1.19 bits per heavy atom. The maximum absolute atomic E-state index is 11.1. The summed E-state index contributed by atoms with van der Waals surface area (Å²) in [7, 11) is 1.43. The second kappa shape index (κ2) is 5.91. The molecular formula is C14H12N2O5. The van der Waals surface area contributed by atoms with Crippen LogP contribution in [0.2, 0.25) is 0 Å². The van der Waals surface area contributed by atoms with Crippen molar-refractivity contribution in [3.8, 4) is 17.2 Å². The molecule has 2 rings (SSSR count). The Morgan fingerprint density at radius 2 is 1.95 bits per heavy atom. The van der Waals surface area contributed by atoms with Crippen LogP contribution in [0.3, 0.4) is 0 Å². The number of benzene rings is 1. The van der Waals surface area contributed by atoms with Gasteiger partial charge in [0.15, 0.2) is 11.5 Å². The number of carbonyl (C=O) groups is 2. The van der Waals surface area contributed by atoms with Gasteiger partial charge in [0.1, 0.15) is 11.4 Å². The summed E-state index contributed by atoms with van der Waals surface area (Å²) in [6.07, 6.45) is 1.36. The minimum Gasteiger partial charge on any atom is -0.493 e. The molecule has 1 amide bonds. The molecule has 0 saturated carbocycles. The van der Waals surface area contributed by atoms with Crippen molar-refractivity contribution in [2.75, 3.05) is 7.11 Å². The fourth-order valence-corrected chi connectivity index (χ4v) is 1.63. The van der Waals surface area contributed by atoms with Crippen molar-refractivity contribution >= 4 is 11.9 Å². The second-order valence-corrected chi connectivity index (χ2v) is 4.01. The molecule has 2 aromatic rings. The van der Waals surface area contributed by atoms with Crippen LogP contribution in [0, 0.1) is 0 Å². The van der Waals surface area contributed by atoms with Crippen molar-refractivity contribution in [2.45, 2.75) is 0 Å². The molecule has 0 bridgehead atoms. The lowest BCUT2D eigenvalue weighted by atomic mass is 10.2. The van der Waals surface area contributed by atoms with E-state index in [0.717, 1.165) is 0 Å². The van der Waals surface area contributed by atoms with Crippen molar-refractivity contribution in [2.24, 2.45) is 5.73 Å². The number of nitrogens with zero attached hydrogens (tertiary/aromatic N) is 1. The van der Waals surface area contributed by atoms with E-state index >= 15 is 0 Å². The van der Waals surface area contributed by atoms with Crippen LogP contribution in [0.1, 0.15) is 20.8 Å². The first-order valence-corrected chi connectivity index (χ1v) is 5.86. The third kappa shape index (κ3) is 3.27. The number of hydrogen-bond donors (Lipinski definition) is 2. The fourth-order valence-electron chi connectivity index (χ4n) is 1.63. The highest BCUT2D eigenvalue weighted by atomic mass is 16.5. The van der Waals surface area contributed by atoms with E-state index in [-0.39, 0.29) is 17.0 Å². The second-order valence-electron chi connectivity index (χ2n) is 4.01. The summed E-state index contributed by atoms with van der Waals surface area (Å²) in [6, 6.07) is 7.07. The minimum atomic E-state index is -1.09. The van der Waals surface area contributed by atoms with Crippen molar-refractivity contribution in [3.05, 3.63) is 47.8 Å². The maximum Gasteiger partial charge on any atom is 0.335 e. The molecule has 108 valence electrons. The van der Waals surface area contributed by atoms with E-state index in [9.17, 15) is 9.59 Å². The largest absolute Gasteiger partial charge is 0.493 e. The Kier molecular flexibility index (Phi) is 4.03. The summed E-state index contributed by atoms with van der Waals surface area (Å²) in [4.78, 5) is 25.8. The van der Waals surface area contributed by atoms with Crippen molar-refractivity contribution in [1.29, 1.82) is 0 Å². The van der Waals surface area contributed by atoms with Crippen LogP contribution in [-0.2, 0) is 0 Å². The zero-order valence-corrected chi connectivity index (χ0v) is 11.1. The van der Waals surface area contributed by atoms with Gasteiger partial charge >= 0.3 is 5.97 Å². The lowest BCUT2D eigenvalue weighted by molar-refractivity contribution is 0.0696. The van der Waals surface area contributed by atoms with Gasteiger partial charge in [0.05, 0.1) is 12.7 Å². The SMILES string of the molecule is COc1ccc(C(=O)O)cc1Oc1ccnc(C(N)=O)c1. The minimum absolute atomic E-state index is 0.0425. The molecule has 0 fully saturated rings. The van der Waals surface area contributed by atoms with Crippen LogP contribution in [0.4, 0.5) is 0 Å². The maximum atomic E-state index is 11.1. The average molecular weight is 288 g/mol. The fraction of sp³-hybridized carbons (Fsp3) is 0.0714. The summed E-state index contributed by atoms with van der Waals surface area (Å²) in [5, 5.41) is 8.99. The van der Waals surface area contributed by atoms with Crippen LogP contribution in [0.25, 0.3) is 0 Å². The quantitative estimate of drug-likeness (QED) is 0.865. The summed E-state index contributed by atoms with van der Waals surface area (Å²) >= 11 is 0. The van der Waals surface area contributed by atoms with E-state index in [2.05, 4.69) is 4.98 Å². The zero-order valence-electron chi connectivity index (χ0n) is 11.1. The van der Waals surface area contributed by atoms with Gasteiger partial charge in [0.2, 0.25) is 0 Å². The number of rotatable bonds is 5. The topological polar surface area (TPSA) is 112 Å². The van der Waals surface area contributed by atoms with E-state index in [1.54, 1.807) is 0 Å². The number of carboxylic acid groups (broad SMARTS) is 1. The lowest BCUT2D eigenvalue weighted by Gasteiger charge is -2.11. The normalized spacial score (nSPS) is 9.95. The van der Waals surface area contributed by atoms with Gasteiger partial charge in [-0.2, -0.15) is 0 Å². The highest BCUT2D eigenvalue weighted by molar-refractivity contribution is 5.91. The summed E-state index contributed by atoms with van der Waals surface area (Å²) < 4.78 is 10.7. The Balaban J connectivity index is 2.37. The lowest BCUT2D eigenvalue weighted by Crippen LogP contribution is -2.12. The number of pyridine rings is 1. The Labute approximate surface area is 119 Å². The highest BCUT2D eigenvalue weighted by Crippen LogP contribution is 2.32.